The standard InChI is InChI=1S/C30H31NO4/c1-3-35-28(32)20-19-27-26(29(33)34-2)21-22-31(27)30(23-13-7-4-8-14-23,24-15-9-5-10-16-24)25-17-11-6-12-18-25/h4-20,26-27H,3,21-22H2,1-2H3/b20-19+/t26-,27-/m0/s1. The molecule has 4 rings (SSSR count). The van der Waals surface area contributed by atoms with E-state index in [0.717, 1.165) is 16.7 Å². The van der Waals surface area contributed by atoms with Gasteiger partial charge in [0.05, 0.1) is 25.2 Å². The molecule has 35 heavy (non-hydrogen) atoms. The highest BCUT2D eigenvalue weighted by molar-refractivity contribution is 5.82. The molecule has 5 nitrogen and oxygen atoms in total. The van der Waals surface area contributed by atoms with Gasteiger partial charge in [0.15, 0.2) is 0 Å². The van der Waals surface area contributed by atoms with E-state index in [2.05, 4.69) is 41.3 Å². The molecule has 1 saturated heterocycles. The van der Waals surface area contributed by atoms with Crippen molar-refractivity contribution in [1.82, 2.24) is 4.90 Å². The molecular weight excluding hydrogens is 438 g/mol. The maximum absolute atomic E-state index is 12.9. The van der Waals surface area contributed by atoms with E-state index in [0.29, 0.717) is 19.6 Å². The summed E-state index contributed by atoms with van der Waals surface area (Å²) >= 11 is 0. The maximum Gasteiger partial charge on any atom is 0.330 e. The average Bonchev–Trinajstić information content (AvgIpc) is 3.34. The topological polar surface area (TPSA) is 55.8 Å². The number of benzene rings is 3. The van der Waals surface area contributed by atoms with Crippen molar-refractivity contribution in [2.24, 2.45) is 5.92 Å². The van der Waals surface area contributed by atoms with Gasteiger partial charge in [0.2, 0.25) is 0 Å². The van der Waals surface area contributed by atoms with E-state index < -0.39 is 17.4 Å². The zero-order chi connectivity index (χ0) is 24.7. The molecule has 0 bridgehead atoms. The fourth-order valence-electron chi connectivity index (χ4n) is 5.26. The summed E-state index contributed by atoms with van der Waals surface area (Å²) in [6, 6.07) is 30.6. The number of nitrogens with zero attached hydrogens (tertiary/aromatic N) is 1. The molecule has 2 atom stereocenters. The number of hydrogen-bond acceptors (Lipinski definition) is 5. The number of carbonyl (C=O) groups is 2. The number of rotatable bonds is 8. The van der Waals surface area contributed by atoms with Crippen LogP contribution in [-0.2, 0) is 24.6 Å². The first-order chi connectivity index (χ1) is 17.1. The number of likely N-dealkylation sites (tertiary alicyclic amines) is 1. The van der Waals surface area contributed by atoms with Crippen molar-refractivity contribution in [3.63, 3.8) is 0 Å². The second-order valence-electron chi connectivity index (χ2n) is 8.52. The zero-order valence-corrected chi connectivity index (χ0v) is 20.2. The quantitative estimate of drug-likeness (QED) is 0.265. The van der Waals surface area contributed by atoms with E-state index in [-0.39, 0.29) is 12.0 Å². The summed E-state index contributed by atoms with van der Waals surface area (Å²) < 4.78 is 10.3. The van der Waals surface area contributed by atoms with Gasteiger partial charge < -0.3 is 9.47 Å². The third-order valence-electron chi connectivity index (χ3n) is 6.68. The summed E-state index contributed by atoms with van der Waals surface area (Å²) in [6.45, 7) is 2.70. The highest BCUT2D eigenvalue weighted by Crippen LogP contribution is 2.47. The molecule has 1 aliphatic rings. The van der Waals surface area contributed by atoms with Gasteiger partial charge in [-0.05, 0) is 30.0 Å². The second kappa shape index (κ2) is 11.2. The van der Waals surface area contributed by atoms with E-state index in [4.69, 9.17) is 9.47 Å². The first kappa shape index (κ1) is 24.4. The summed E-state index contributed by atoms with van der Waals surface area (Å²) in [5.41, 5.74) is 2.54. The van der Waals surface area contributed by atoms with Gasteiger partial charge in [0.25, 0.3) is 0 Å². The number of hydrogen-bond donors (Lipinski definition) is 0. The van der Waals surface area contributed by atoms with Crippen molar-refractivity contribution in [3.8, 4) is 0 Å². The van der Waals surface area contributed by atoms with Crippen LogP contribution in [0.1, 0.15) is 30.0 Å². The Bertz CT molecular complexity index is 1050. The van der Waals surface area contributed by atoms with Crippen molar-refractivity contribution in [2.45, 2.75) is 24.9 Å². The van der Waals surface area contributed by atoms with Crippen LogP contribution >= 0.6 is 0 Å². The van der Waals surface area contributed by atoms with Gasteiger partial charge in [-0.3, -0.25) is 9.69 Å². The van der Waals surface area contributed by atoms with Gasteiger partial charge in [-0.15, -0.1) is 0 Å². The van der Waals surface area contributed by atoms with Gasteiger partial charge in [0.1, 0.15) is 0 Å². The first-order valence-corrected chi connectivity index (χ1v) is 12.0. The monoisotopic (exact) mass is 469 g/mol. The van der Waals surface area contributed by atoms with Gasteiger partial charge in [0, 0.05) is 18.7 Å². The zero-order valence-electron chi connectivity index (χ0n) is 20.2. The van der Waals surface area contributed by atoms with Crippen LogP contribution in [0, 0.1) is 5.92 Å². The molecule has 0 N–H and O–H groups in total. The minimum Gasteiger partial charge on any atom is -0.469 e. The van der Waals surface area contributed by atoms with Crippen LogP contribution in [0.25, 0.3) is 0 Å². The molecule has 1 aliphatic heterocycles. The Morgan fingerprint density at radius 3 is 1.80 bits per heavy atom. The fraction of sp³-hybridized carbons (Fsp3) is 0.267. The minimum absolute atomic E-state index is 0.283. The molecule has 0 radical (unpaired) electrons. The Morgan fingerprint density at radius 1 is 0.886 bits per heavy atom. The van der Waals surface area contributed by atoms with Crippen LogP contribution in [0.15, 0.2) is 103 Å². The summed E-state index contributed by atoms with van der Waals surface area (Å²) in [5.74, 6) is -1.12. The van der Waals surface area contributed by atoms with Crippen LogP contribution in [0.5, 0.6) is 0 Å². The highest BCUT2D eigenvalue weighted by atomic mass is 16.5. The summed E-state index contributed by atoms with van der Waals surface area (Å²) in [4.78, 5) is 27.5. The van der Waals surface area contributed by atoms with E-state index in [1.165, 1.54) is 13.2 Å². The van der Waals surface area contributed by atoms with Crippen LogP contribution in [0.4, 0.5) is 0 Å². The summed E-state index contributed by atoms with van der Waals surface area (Å²) in [6.07, 6.45) is 3.85. The molecule has 0 spiro atoms. The SMILES string of the molecule is CCOC(=O)/C=C/[C@H]1[C@@H](C(=O)OC)CCN1C(c1ccccc1)(c1ccccc1)c1ccccc1. The predicted octanol–water partition coefficient (Wildman–Crippen LogP) is 4.96. The Morgan fingerprint density at radius 2 is 1.37 bits per heavy atom. The van der Waals surface area contributed by atoms with E-state index >= 15 is 0 Å². The molecule has 0 amide bonds. The third-order valence-corrected chi connectivity index (χ3v) is 6.68. The molecular formula is C30H31NO4. The molecule has 0 unspecified atom stereocenters. The molecule has 3 aromatic rings. The molecule has 1 fully saturated rings. The van der Waals surface area contributed by atoms with E-state index in [1.54, 1.807) is 13.0 Å². The van der Waals surface area contributed by atoms with Crippen LogP contribution in [0.3, 0.4) is 0 Å². The molecule has 5 heteroatoms. The predicted molar refractivity (Wildman–Crippen MR) is 136 cm³/mol. The van der Waals surface area contributed by atoms with E-state index in [1.807, 2.05) is 54.6 Å². The van der Waals surface area contributed by atoms with Crippen molar-refractivity contribution in [2.75, 3.05) is 20.3 Å². The van der Waals surface area contributed by atoms with Gasteiger partial charge in [-0.1, -0.05) is 97.1 Å². The number of carbonyl (C=O) groups excluding carboxylic acids is 2. The first-order valence-electron chi connectivity index (χ1n) is 12.0. The summed E-state index contributed by atoms with van der Waals surface area (Å²) in [7, 11) is 1.41. The van der Waals surface area contributed by atoms with E-state index in [9.17, 15) is 9.59 Å². The van der Waals surface area contributed by atoms with Crippen LogP contribution in [-0.4, -0.2) is 43.1 Å². The average molecular weight is 470 g/mol. The molecule has 0 saturated carbocycles. The Kier molecular flexibility index (Phi) is 7.78. The minimum atomic E-state index is -0.698. The fourth-order valence-corrected chi connectivity index (χ4v) is 5.26. The third kappa shape index (κ3) is 4.77. The van der Waals surface area contributed by atoms with Crippen molar-refractivity contribution in [3.05, 3.63) is 120 Å². The molecule has 3 aromatic carbocycles. The van der Waals surface area contributed by atoms with Gasteiger partial charge in [-0.2, -0.15) is 0 Å². The number of methoxy groups -OCH3 is 1. The molecule has 180 valence electrons. The summed E-state index contributed by atoms with van der Waals surface area (Å²) in [5, 5.41) is 0. The largest absolute Gasteiger partial charge is 0.469 e. The highest BCUT2D eigenvalue weighted by Gasteiger charge is 2.51. The van der Waals surface area contributed by atoms with Gasteiger partial charge >= 0.3 is 11.9 Å². The van der Waals surface area contributed by atoms with Crippen molar-refractivity contribution >= 4 is 11.9 Å². The molecule has 0 aromatic heterocycles. The lowest BCUT2D eigenvalue weighted by molar-refractivity contribution is -0.146. The normalized spacial score (nSPS) is 18.5. The van der Waals surface area contributed by atoms with Crippen molar-refractivity contribution < 1.29 is 19.1 Å². The number of ether oxygens (including phenoxy) is 2. The Labute approximate surface area is 207 Å². The Balaban J connectivity index is 1.97. The maximum atomic E-state index is 12.9. The lowest BCUT2D eigenvalue weighted by Crippen LogP contribution is -2.51. The molecule has 1 heterocycles. The Hall–Kier alpha value is -3.70. The van der Waals surface area contributed by atoms with Crippen LogP contribution in [0.2, 0.25) is 0 Å². The second-order valence-corrected chi connectivity index (χ2v) is 8.52. The smallest absolute Gasteiger partial charge is 0.330 e. The van der Waals surface area contributed by atoms with Crippen LogP contribution < -0.4 is 0 Å². The van der Waals surface area contributed by atoms with Crippen molar-refractivity contribution in [1.29, 1.82) is 0 Å². The van der Waals surface area contributed by atoms with Gasteiger partial charge in [-0.25, -0.2) is 4.79 Å². The lowest BCUT2D eigenvalue weighted by Gasteiger charge is -2.46. The number of esters is 2. The lowest BCUT2D eigenvalue weighted by atomic mass is 9.75. The molecule has 0 aliphatic carbocycles.